The highest BCUT2D eigenvalue weighted by atomic mass is 16.1. The highest BCUT2D eigenvalue weighted by molar-refractivity contribution is 5.91. The van der Waals surface area contributed by atoms with Crippen LogP contribution in [0.4, 0.5) is 17.1 Å². The zero-order chi connectivity index (χ0) is 19.7. The maximum absolute atomic E-state index is 11.5. The number of quaternary nitrogens is 1. The third-order valence-electron chi connectivity index (χ3n) is 5.19. The van der Waals surface area contributed by atoms with E-state index in [-0.39, 0.29) is 10.3 Å². The Morgan fingerprint density at radius 2 is 1.96 bits per heavy atom. The van der Waals surface area contributed by atoms with E-state index in [2.05, 4.69) is 43.2 Å². The fourth-order valence-corrected chi connectivity index (χ4v) is 3.56. The van der Waals surface area contributed by atoms with Crippen LogP contribution in [-0.2, 0) is 0 Å². The molecule has 28 heavy (non-hydrogen) atoms. The number of piperazine rings is 1. The summed E-state index contributed by atoms with van der Waals surface area (Å²) >= 11 is 0. The molecule has 2 aliphatic rings. The Hall–Kier alpha value is -3.17. The first kappa shape index (κ1) is 18.2. The van der Waals surface area contributed by atoms with Crippen molar-refractivity contribution in [2.24, 2.45) is 16.1 Å². The van der Waals surface area contributed by atoms with E-state index in [4.69, 9.17) is 5.73 Å². The molecule has 4 heterocycles. The summed E-state index contributed by atoms with van der Waals surface area (Å²) in [7, 11) is 2.13. The molecule has 9 nitrogen and oxygen atoms in total. The highest BCUT2D eigenvalue weighted by Crippen LogP contribution is 2.41. The molecule has 2 aliphatic heterocycles. The first-order valence-corrected chi connectivity index (χ1v) is 9.15. The molecule has 1 atom stereocenters. The van der Waals surface area contributed by atoms with Crippen molar-refractivity contribution in [2.75, 3.05) is 38.1 Å². The molecular weight excluding hydrogens is 356 g/mol. The van der Waals surface area contributed by atoms with Crippen molar-refractivity contribution < 1.29 is 4.79 Å². The number of pyridine rings is 2. The van der Waals surface area contributed by atoms with Gasteiger partial charge in [0.2, 0.25) is 0 Å². The number of carbonyl (C=O) groups is 1. The number of nitrogens with zero attached hydrogens (tertiary/aromatic N) is 7. The van der Waals surface area contributed by atoms with E-state index in [1.165, 1.54) is 0 Å². The third kappa shape index (κ3) is 3.14. The number of primary amides is 1. The molecule has 2 aromatic rings. The summed E-state index contributed by atoms with van der Waals surface area (Å²) in [6.45, 7) is 5.77. The lowest BCUT2D eigenvalue weighted by Gasteiger charge is -2.34. The molecule has 1 unspecified atom stereocenters. The summed E-state index contributed by atoms with van der Waals surface area (Å²) in [6.07, 6.45) is 7.20. The van der Waals surface area contributed by atoms with Crippen molar-refractivity contribution in [1.29, 1.82) is 0 Å². The molecule has 1 saturated heterocycles. The van der Waals surface area contributed by atoms with Crippen LogP contribution in [0.2, 0.25) is 0 Å². The molecule has 2 N–H and O–H groups in total. The highest BCUT2D eigenvalue weighted by Gasteiger charge is 2.38. The Labute approximate surface area is 163 Å². The summed E-state index contributed by atoms with van der Waals surface area (Å²) in [6, 6.07) is 5.53. The Balaban J connectivity index is 1.75. The number of rotatable bonds is 4. The third-order valence-corrected chi connectivity index (χ3v) is 5.19. The SMILES string of the molecule is Cc1nc(C(N)=O)ccc1[N+]1(c2cncc(N3CCN(C)CC3)c2)C=CN=N1. The van der Waals surface area contributed by atoms with Gasteiger partial charge in [0.15, 0.2) is 17.6 Å². The topological polar surface area (TPSA) is 100 Å². The largest absolute Gasteiger partial charge is 0.368 e. The quantitative estimate of drug-likeness (QED) is 0.820. The van der Waals surface area contributed by atoms with Gasteiger partial charge < -0.3 is 15.5 Å². The van der Waals surface area contributed by atoms with E-state index < -0.39 is 5.91 Å². The van der Waals surface area contributed by atoms with Gasteiger partial charge in [0.25, 0.3) is 5.91 Å². The fourth-order valence-electron chi connectivity index (χ4n) is 3.56. The second-order valence-electron chi connectivity index (χ2n) is 7.05. The van der Waals surface area contributed by atoms with Crippen LogP contribution < -0.4 is 15.2 Å². The van der Waals surface area contributed by atoms with Crippen molar-refractivity contribution in [3.8, 4) is 0 Å². The summed E-state index contributed by atoms with van der Waals surface area (Å²) in [5, 5.41) is 8.56. The van der Waals surface area contributed by atoms with Crippen LogP contribution in [0.3, 0.4) is 0 Å². The van der Waals surface area contributed by atoms with E-state index in [1.807, 2.05) is 25.4 Å². The van der Waals surface area contributed by atoms with Gasteiger partial charge in [-0.25, -0.2) is 4.98 Å². The Bertz CT molecular complexity index is 950. The van der Waals surface area contributed by atoms with E-state index in [0.717, 1.165) is 43.2 Å². The lowest BCUT2D eigenvalue weighted by atomic mass is 10.2. The fraction of sp³-hybridized carbons (Fsp3) is 0.316. The van der Waals surface area contributed by atoms with Crippen LogP contribution in [0.25, 0.3) is 0 Å². The molecule has 1 fully saturated rings. The van der Waals surface area contributed by atoms with Crippen molar-refractivity contribution in [3.05, 3.63) is 54.4 Å². The van der Waals surface area contributed by atoms with Crippen molar-refractivity contribution in [3.63, 3.8) is 0 Å². The van der Waals surface area contributed by atoms with Gasteiger partial charge in [0, 0.05) is 43.5 Å². The van der Waals surface area contributed by atoms with Crippen LogP contribution in [0.5, 0.6) is 0 Å². The number of aromatic nitrogens is 2. The minimum Gasteiger partial charge on any atom is -0.368 e. The van der Waals surface area contributed by atoms with Crippen molar-refractivity contribution in [2.45, 2.75) is 6.92 Å². The summed E-state index contributed by atoms with van der Waals surface area (Å²) < 4.78 is 0.0203. The average Bonchev–Trinajstić information content (AvgIpc) is 3.19. The van der Waals surface area contributed by atoms with E-state index in [0.29, 0.717) is 5.69 Å². The van der Waals surface area contributed by atoms with Gasteiger partial charge in [-0.05, 0) is 20.0 Å². The predicted octanol–water partition coefficient (Wildman–Crippen LogP) is 2.13. The number of hydrogen-bond acceptors (Lipinski definition) is 7. The van der Waals surface area contributed by atoms with Gasteiger partial charge in [0.05, 0.1) is 18.1 Å². The Kier molecular flexibility index (Phi) is 4.62. The molecule has 0 aliphatic carbocycles. The zero-order valence-electron chi connectivity index (χ0n) is 16.0. The molecule has 144 valence electrons. The number of amides is 1. The molecule has 0 saturated carbocycles. The van der Waals surface area contributed by atoms with Gasteiger partial charge in [0.1, 0.15) is 17.6 Å². The van der Waals surface area contributed by atoms with Crippen LogP contribution in [-0.4, -0.2) is 54.0 Å². The summed E-state index contributed by atoms with van der Waals surface area (Å²) in [5.74, 6) is -0.557. The molecule has 0 radical (unpaired) electrons. The Morgan fingerprint density at radius 1 is 1.18 bits per heavy atom. The van der Waals surface area contributed by atoms with Crippen LogP contribution >= 0.6 is 0 Å². The van der Waals surface area contributed by atoms with Gasteiger partial charge in [-0.15, -0.1) is 5.11 Å². The maximum atomic E-state index is 11.5. The van der Waals surface area contributed by atoms with Gasteiger partial charge in [-0.3, -0.25) is 9.78 Å². The monoisotopic (exact) mass is 379 g/mol. The molecule has 1 amide bonds. The minimum absolute atomic E-state index is 0.0203. The number of aryl methyl sites for hydroxylation is 1. The van der Waals surface area contributed by atoms with E-state index >= 15 is 0 Å². The average molecular weight is 379 g/mol. The first-order valence-electron chi connectivity index (χ1n) is 9.15. The van der Waals surface area contributed by atoms with Gasteiger partial charge in [-0.1, -0.05) is 4.59 Å². The van der Waals surface area contributed by atoms with Crippen molar-refractivity contribution >= 4 is 23.0 Å². The standard InChI is InChI=1S/C19H22N8O/c1-14-18(4-3-17(23-14)19(20)28)27(10-5-22-24-27)16-11-15(12-21-13-16)26-8-6-25(2)7-9-26/h3-5,10-13H,6-9H2,1-2H3,(H-,20,28)/p+1. The Morgan fingerprint density at radius 3 is 2.61 bits per heavy atom. The lowest BCUT2D eigenvalue weighted by Crippen LogP contribution is -2.44. The van der Waals surface area contributed by atoms with Crippen LogP contribution in [0.15, 0.2) is 53.3 Å². The number of carbonyl (C=O) groups excluding carboxylic acids is 1. The number of likely N-dealkylation sites (N-methyl/N-ethyl adjacent to an activating group) is 1. The van der Waals surface area contributed by atoms with Crippen LogP contribution in [0.1, 0.15) is 16.2 Å². The van der Waals surface area contributed by atoms with Crippen molar-refractivity contribution in [1.82, 2.24) is 19.5 Å². The molecular formula is C19H23N8O+. The molecule has 0 bridgehead atoms. The number of anilines is 1. The molecule has 4 rings (SSSR count). The van der Waals surface area contributed by atoms with Gasteiger partial charge in [-0.2, -0.15) is 0 Å². The van der Waals surface area contributed by atoms with E-state index in [9.17, 15) is 4.79 Å². The zero-order valence-corrected chi connectivity index (χ0v) is 16.0. The predicted molar refractivity (Wildman–Crippen MR) is 107 cm³/mol. The minimum atomic E-state index is -0.557. The summed E-state index contributed by atoms with van der Waals surface area (Å²) in [5.41, 5.74) is 8.94. The summed E-state index contributed by atoms with van der Waals surface area (Å²) in [4.78, 5) is 24.9. The first-order chi connectivity index (χ1) is 13.5. The second kappa shape index (κ2) is 7.10. The van der Waals surface area contributed by atoms with E-state index in [1.54, 1.807) is 18.5 Å². The maximum Gasteiger partial charge on any atom is 0.267 e. The smallest absolute Gasteiger partial charge is 0.267 e. The molecule has 0 spiro atoms. The number of nitrogens with two attached hydrogens (primary N) is 1. The normalized spacial score (nSPS) is 22.0. The lowest BCUT2D eigenvalue weighted by molar-refractivity contribution is 0.0995. The molecule has 0 aromatic carbocycles. The van der Waals surface area contributed by atoms with Crippen LogP contribution in [0, 0.1) is 6.92 Å². The second-order valence-corrected chi connectivity index (χ2v) is 7.05. The molecule has 9 heteroatoms. The number of hydrogen-bond donors (Lipinski definition) is 1. The molecule has 2 aromatic heterocycles. The van der Waals surface area contributed by atoms with Gasteiger partial charge >= 0.3 is 0 Å².